The Morgan fingerprint density at radius 1 is 1.28 bits per heavy atom. The van der Waals surface area contributed by atoms with Crippen molar-refractivity contribution >= 4 is 56.8 Å². The number of aromatic nitrogens is 2. The van der Waals surface area contributed by atoms with Gasteiger partial charge in [-0.15, -0.1) is 5.01 Å². The van der Waals surface area contributed by atoms with E-state index in [0.29, 0.717) is 5.02 Å². The van der Waals surface area contributed by atoms with Gasteiger partial charge in [-0.3, -0.25) is 9.84 Å². The van der Waals surface area contributed by atoms with Crippen molar-refractivity contribution in [3.05, 3.63) is 33.4 Å². The van der Waals surface area contributed by atoms with Gasteiger partial charge in [-0.2, -0.15) is 4.31 Å². The minimum absolute atomic E-state index is 0.00920. The summed E-state index contributed by atoms with van der Waals surface area (Å²) < 4.78 is 36.8. The molecule has 0 saturated carbocycles. The van der Waals surface area contributed by atoms with E-state index in [1.165, 1.54) is 27.3 Å². The number of halogens is 3. The molecule has 0 bridgehead atoms. The first-order valence-corrected chi connectivity index (χ1v) is 11.0. The number of hydrogen-bond donors (Lipinski definition) is 1. The Kier molecular flexibility index (Phi) is 6.74. The molecule has 1 aromatic heterocycles. The van der Waals surface area contributed by atoms with Gasteiger partial charge in [0.15, 0.2) is 0 Å². The summed E-state index contributed by atoms with van der Waals surface area (Å²) in [6, 6.07) is 4.23. The molecule has 0 radical (unpaired) electrons. The third-order valence-electron chi connectivity index (χ3n) is 4.06. The van der Waals surface area contributed by atoms with Crippen LogP contribution in [0.2, 0.25) is 15.2 Å². The van der Waals surface area contributed by atoms with Crippen LogP contribution in [0.4, 0.5) is 10.7 Å². The lowest BCUT2D eigenvalue weighted by molar-refractivity contribution is -0.757. The Labute approximate surface area is 181 Å². The Hall–Kier alpha value is -1.79. The Morgan fingerprint density at radius 3 is 2.59 bits per heavy atom. The van der Waals surface area contributed by atoms with Crippen LogP contribution in [-0.2, 0) is 14.8 Å². The zero-order valence-electron chi connectivity index (χ0n) is 15.1. The van der Waals surface area contributed by atoms with Crippen LogP contribution in [0.5, 0.6) is 0 Å². The molecule has 2 heterocycles. The third kappa shape index (κ3) is 4.69. The first-order valence-electron chi connectivity index (χ1n) is 8.45. The summed E-state index contributed by atoms with van der Waals surface area (Å²) in [4.78, 5) is 12.7. The zero-order valence-corrected chi connectivity index (χ0v) is 18.2. The second-order valence-corrected chi connectivity index (χ2v) is 8.97. The normalized spacial score (nSPS) is 15.4. The Balaban J connectivity index is 1.69. The molecule has 1 saturated heterocycles. The Bertz CT molecular complexity index is 1010. The van der Waals surface area contributed by atoms with Crippen LogP contribution in [0.1, 0.15) is 6.92 Å². The minimum atomic E-state index is -3.79. The van der Waals surface area contributed by atoms with Crippen LogP contribution in [0.15, 0.2) is 27.6 Å². The molecule has 1 fully saturated rings. The van der Waals surface area contributed by atoms with Gasteiger partial charge in [0.2, 0.25) is 15.3 Å². The van der Waals surface area contributed by atoms with Crippen molar-refractivity contribution in [3.8, 4) is 0 Å². The number of benzene rings is 1. The van der Waals surface area contributed by atoms with Crippen molar-refractivity contribution in [2.45, 2.75) is 11.8 Å². The molecule has 1 aliphatic heterocycles. The van der Waals surface area contributed by atoms with E-state index in [-0.39, 0.29) is 53.7 Å². The van der Waals surface area contributed by atoms with Crippen molar-refractivity contribution in [2.75, 3.05) is 43.1 Å². The molecule has 0 aliphatic carbocycles. The molecule has 29 heavy (non-hydrogen) atoms. The zero-order chi connectivity index (χ0) is 21.2. The highest BCUT2D eigenvalue weighted by molar-refractivity contribution is 7.89. The monoisotopic (exact) mass is 484 g/mol. The first-order chi connectivity index (χ1) is 13.7. The van der Waals surface area contributed by atoms with Gasteiger partial charge in [0.25, 0.3) is 0 Å². The summed E-state index contributed by atoms with van der Waals surface area (Å²) in [5, 5.41) is 8.23. The van der Waals surface area contributed by atoms with E-state index < -0.39 is 16.1 Å². The second-order valence-electron chi connectivity index (χ2n) is 5.86. The highest BCUT2D eigenvalue weighted by Gasteiger charge is 2.36. The topological polar surface area (TPSA) is 109 Å². The summed E-state index contributed by atoms with van der Waals surface area (Å²) in [5.41, 5.74) is 0. The molecule has 0 spiro atoms. The molecule has 3 rings (SSSR count). The van der Waals surface area contributed by atoms with Crippen LogP contribution in [0.3, 0.4) is 0 Å². The first kappa shape index (κ1) is 21.9. The predicted octanol–water partition coefficient (Wildman–Crippen LogP) is 2.13. The van der Waals surface area contributed by atoms with Crippen LogP contribution >= 0.6 is 34.8 Å². The maximum atomic E-state index is 12.9. The highest BCUT2D eigenvalue weighted by atomic mass is 35.5. The number of nitrogens with zero attached hydrogens (tertiary/aromatic N) is 4. The molecule has 1 aliphatic rings. The number of carbonyl (C=O) groups is 1. The number of sulfonamides is 1. The number of ether oxygens (including phenoxy) is 1. The van der Waals surface area contributed by atoms with E-state index in [9.17, 15) is 13.2 Å². The van der Waals surface area contributed by atoms with E-state index in [0.717, 1.165) is 0 Å². The van der Waals surface area contributed by atoms with E-state index >= 15 is 0 Å². The average Bonchev–Trinajstić information content (AvgIpc) is 3.02. The molecule has 0 unspecified atom stereocenters. The van der Waals surface area contributed by atoms with Gasteiger partial charge < -0.3 is 4.74 Å². The number of carbonyl (C=O) groups excluding carboxylic acids is 1. The molecular weight excluding hydrogens is 469 g/mol. The smallest absolute Gasteiger partial charge is 0.414 e. The SMILES string of the molecule is CCOC(=O)Nc1on[n+](N2CCN(S(=O)(=O)c3ccc(Cl)cc3Cl)CC2)c1Cl. The van der Waals surface area contributed by atoms with Gasteiger partial charge in [0.1, 0.15) is 4.90 Å². The van der Waals surface area contributed by atoms with Crippen LogP contribution in [0, 0.1) is 0 Å². The highest BCUT2D eigenvalue weighted by Crippen LogP contribution is 2.28. The number of anilines is 1. The maximum absolute atomic E-state index is 12.9. The fraction of sp³-hybridized carbons (Fsp3) is 0.400. The summed E-state index contributed by atoms with van der Waals surface area (Å²) in [7, 11) is -3.79. The number of hydrogen-bond acceptors (Lipinski definition) is 7. The number of piperazine rings is 1. The lowest BCUT2D eigenvalue weighted by Gasteiger charge is -2.29. The lowest BCUT2D eigenvalue weighted by Crippen LogP contribution is -2.66. The van der Waals surface area contributed by atoms with Crippen molar-refractivity contribution in [1.82, 2.24) is 9.58 Å². The summed E-state index contributed by atoms with van der Waals surface area (Å²) in [5.74, 6) is -0.0758. The van der Waals surface area contributed by atoms with Crippen LogP contribution in [-0.4, -0.2) is 56.9 Å². The average molecular weight is 486 g/mol. The molecule has 1 amide bonds. The molecule has 0 atom stereocenters. The lowest BCUT2D eigenvalue weighted by atomic mass is 10.4. The molecule has 14 heteroatoms. The van der Waals surface area contributed by atoms with E-state index in [1.54, 1.807) is 11.9 Å². The minimum Gasteiger partial charge on any atom is -0.450 e. The third-order valence-corrected chi connectivity index (χ3v) is 7.00. The summed E-state index contributed by atoms with van der Waals surface area (Å²) in [6.07, 6.45) is -0.728. The number of nitrogens with one attached hydrogen (secondary N) is 1. The molecule has 1 aromatic carbocycles. The Morgan fingerprint density at radius 2 is 1.97 bits per heavy atom. The predicted molar refractivity (Wildman–Crippen MR) is 106 cm³/mol. The standard InChI is InChI=1S/C15H16Cl3N5O5S/c1-2-27-15(24)19-14-13(18)23(20-28-14)21-5-7-22(8-6-21)29(25,26)12-4-3-10(16)9-11(12)17/h3-4,9H,2,5-8H2,1H3/p+1. The molecule has 10 nitrogen and oxygen atoms in total. The molecule has 158 valence electrons. The molecular formula is C15H17Cl3N5O5S+. The van der Waals surface area contributed by atoms with Crippen molar-refractivity contribution < 1.29 is 27.3 Å². The van der Waals surface area contributed by atoms with E-state index in [1.807, 2.05) is 0 Å². The van der Waals surface area contributed by atoms with Gasteiger partial charge in [-0.25, -0.2) is 13.2 Å². The van der Waals surface area contributed by atoms with Crippen molar-refractivity contribution in [3.63, 3.8) is 0 Å². The van der Waals surface area contributed by atoms with Gasteiger partial charge in [-0.1, -0.05) is 23.2 Å². The van der Waals surface area contributed by atoms with Crippen LogP contribution < -0.4 is 15.1 Å². The van der Waals surface area contributed by atoms with Gasteiger partial charge in [0, 0.05) is 29.7 Å². The maximum Gasteiger partial charge on any atom is 0.414 e. The van der Waals surface area contributed by atoms with Gasteiger partial charge >= 0.3 is 17.1 Å². The summed E-state index contributed by atoms with van der Waals surface area (Å²) >= 11 is 18.1. The number of amides is 1. The van der Waals surface area contributed by atoms with Crippen molar-refractivity contribution in [2.24, 2.45) is 0 Å². The quantitative estimate of drug-likeness (QED) is 0.646. The van der Waals surface area contributed by atoms with Gasteiger partial charge in [-0.05, 0) is 25.1 Å². The van der Waals surface area contributed by atoms with Gasteiger partial charge in [0.05, 0.1) is 29.5 Å². The number of rotatable bonds is 5. The fourth-order valence-corrected chi connectivity index (χ4v) is 5.07. The summed E-state index contributed by atoms with van der Waals surface area (Å²) in [6.45, 7) is 2.73. The molecule has 1 N–H and O–H groups in total. The largest absolute Gasteiger partial charge is 0.450 e. The molecule has 2 aromatic rings. The van der Waals surface area contributed by atoms with Crippen molar-refractivity contribution in [1.29, 1.82) is 0 Å². The second kappa shape index (κ2) is 8.92. The fourth-order valence-electron chi connectivity index (χ4n) is 2.68. The van der Waals surface area contributed by atoms with Crippen LogP contribution in [0.25, 0.3) is 0 Å². The van der Waals surface area contributed by atoms with E-state index in [4.69, 9.17) is 44.1 Å². The van der Waals surface area contributed by atoms with E-state index in [2.05, 4.69) is 10.6 Å².